The van der Waals surface area contributed by atoms with E-state index in [1.165, 1.54) is 15.4 Å². The lowest BCUT2D eigenvalue weighted by molar-refractivity contribution is 0.414. The van der Waals surface area contributed by atoms with Crippen LogP contribution in [0.5, 0.6) is 11.5 Å². The first kappa shape index (κ1) is 17.8. The number of hydrogen-bond donors (Lipinski definition) is 0. The monoisotopic (exact) mass is 368 g/mol. The Kier molecular flexibility index (Phi) is 6.31. The predicted molar refractivity (Wildman–Crippen MR) is 107 cm³/mol. The molecule has 3 rings (SSSR count). The van der Waals surface area contributed by atoms with Crippen molar-refractivity contribution < 1.29 is 9.47 Å². The minimum absolute atomic E-state index is 0.267. The number of methoxy groups -OCH3 is 2. The van der Waals surface area contributed by atoms with E-state index in [0.29, 0.717) is 0 Å². The van der Waals surface area contributed by atoms with E-state index in [1.807, 2.05) is 47.8 Å². The molecule has 2 nitrogen and oxygen atoms in total. The molecule has 3 aromatic carbocycles. The fourth-order valence-corrected chi connectivity index (χ4v) is 4.85. The van der Waals surface area contributed by atoms with Crippen LogP contribution in [0.25, 0.3) is 0 Å². The summed E-state index contributed by atoms with van der Waals surface area (Å²) in [7, 11) is 3.38. The fourth-order valence-electron chi connectivity index (χ4n) is 2.33. The van der Waals surface area contributed by atoms with Gasteiger partial charge in [-0.1, -0.05) is 30.3 Å². The molecule has 0 amide bonds. The first-order valence-electron chi connectivity index (χ1n) is 7.95. The van der Waals surface area contributed by atoms with Gasteiger partial charge in [-0.05, 0) is 54.1 Å². The van der Waals surface area contributed by atoms with Crippen LogP contribution in [0, 0.1) is 0 Å². The normalized spacial score (nSPS) is 10.7. The molecule has 0 aliphatic heterocycles. The van der Waals surface area contributed by atoms with Crippen molar-refractivity contribution in [2.24, 2.45) is 0 Å². The Morgan fingerprint density at radius 1 is 0.600 bits per heavy atom. The van der Waals surface area contributed by atoms with Crippen LogP contribution in [-0.4, -0.2) is 14.2 Å². The van der Waals surface area contributed by atoms with Crippen molar-refractivity contribution in [1.29, 1.82) is 0 Å². The van der Waals surface area contributed by atoms with Gasteiger partial charge in [0.1, 0.15) is 11.5 Å². The number of rotatable bonds is 7. The number of ether oxygens (including phenoxy) is 2. The van der Waals surface area contributed by atoms with E-state index in [9.17, 15) is 0 Å². The summed E-state index contributed by atoms with van der Waals surface area (Å²) in [5.74, 6) is 1.76. The number of thioether (sulfide) groups is 2. The Balaban J connectivity index is 1.81. The molecule has 4 heteroatoms. The quantitative estimate of drug-likeness (QED) is 0.360. The van der Waals surface area contributed by atoms with Gasteiger partial charge in [-0.2, -0.15) is 0 Å². The Morgan fingerprint density at radius 3 is 1.44 bits per heavy atom. The highest BCUT2D eigenvalue weighted by Crippen LogP contribution is 2.47. The maximum Gasteiger partial charge on any atom is 0.118 e. The summed E-state index contributed by atoms with van der Waals surface area (Å²) in [5, 5.41) is 0. The predicted octanol–water partition coefficient (Wildman–Crippen LogP) is 6.29. The fraction of sp³-hybridized carbons (Fsp3) is 0.143. The van der Waals surface area contributed by atoms with Crippen molar-refractivity contribution in [1.82, 2.24) is 0 Å². The van der Waals surface area contributed by atoms with E-state index in [0.717, 1.165) is 11.5 Å². The van der Waals surface area contributed by atoms with Crippen LogP contribution in [0.15, 0.2) is 88.7 Å². The summed E-state index contributed by atoms with van der Waals surface area (Å²) in [6.45, 7) is 0. The van der Waals surface area contributed by atoms with E-state index in [4.69, 9.17) is 9.47 Å². The summed E-state index contributed by atoms with van der Waals surface area (Å²) in [4.78, 5) is 2.44. The van der Waals surface area contributed by atoms with Crippen molar-refractivity contribution in [3.8, 4) is 11.5 Å². The van der Waals surface area contributed by atoms with Gasteiger partial charge >= 0.3 is 0 Å². The Hall–Kier alpha value is -2.04. The topological polar surface area (TPSA) is 18.5 Å². The molecule has 0 N–H and O–H groups in total. The van der Waals surface area contributed by atoms with Crippen molar-refractivity contribution in [2.75, 3.05) is 14.2 Å². The molecule has 0 heterocycles. The van der Waals surface area contributed by atoms with Gasteiger partial charge in [-0.15, -0.1) is 23.5 Å². The second-order valence-electron chi connectivity index (χ2n) is 5.33. The van der Waals surface area contributed by atoms with Crippen LogP contribution in [0.4, 0.5) is 0 Å². The molecular formula is C21H20O2S2. The summed E-state index contributed by atoms with van der Waals surface area (Å²) < 4.78 is 10.8. The van der Waals surface area contributed by atoms with Crippen molar-refractivity contribution in [2.45, 2.75) is 14.4 Å². The molecule has 0 saturated heterocycles. The first-order valence-corrected chi connectivity index (χ1v) is 9.71. The van der Waals surface area contributed by atoms with Crippen molar-refractivity contribution in [3.63, 3.8) is 0 Å². The molecule has 0 bridgehead atoms. The third-order valence-electron chi connectivity index (χ3n) is 3.68. The molecule has 0 unspecified atom stereocenters. The highest BCUT2D eigenvalue weighted by atomic mass is 32.2. The molecule has 0 spiro atoms. The van der Waals surface area contributed by atoms with Crippen molar-refractivity contribution in [3.05, 3.63) is 84.4 Å². The summed E-state index contributed by atoms with van der Waals surface area (Å²) >= 11 is 3.68. The van der Waals surface area contributed by atoms with Gasteiger partial charge in [0.25, 0.3) is 0 Å². The van der Waals surface area contributed by atoms with Gasteiger partial charge in [0.05, 0.1) is 18.8 Å². The number of benzene rings is 3. The van der Waals surface area contributed by atoms with Crippen LogP contribution < -0.4 is 9.47 Å². The van der Waals surface area contributed by atoms with Gasteiger partial charge in [0.15, 0.2) is 0 Å². The van der Waals surface area contributed by atoms with E-state index in [2.05, 4.69) is 54.6 Å². The largest absolute Gasteiger partial charge is 0.497 e. The van der Waals surface area contributed by atoms with Gasteiger partial charge in [0.2, 0.25) is 0 Å². The molecule has 0 aromatic heterocycles. The van der Waals surface area contributed by atoms with E-state index in [-0.39, 0.29) is 4.58 Å². The zero-order chi connectivity index (χ0) is 17.5. The third kappa shape index (κ3) is 4.97. The van der Waals surface area contributed by atoms with Crippen LogP contribution in [0.2, 0.25) is 0 Å². The summed E-state index contributed by atoms with van der Waals surface area (Å²) in [5.41, 5.74) is 1.30. The molecular weight excluding hydrogens is 348 g/mol. The highest BCUT2D eigenvalue weighted by Gasteiger charge is 2.15. The zero-order valence-electron chi connectivity index (χ0n) is 14.2. The van der Waals surface area contributed by atoms with Crippen LogP contribution >= 0.6 is 23.5 Å². The summed E-state index contributed by atoms with van der Waals surface area (Å²) in [6, 6.07) is 27.0. The first-order chi connectivity index (χ1) is 12.3. The number of hydrogen-bond acceptors (Lipinski definition) is 4. The minimum atomic E-state index is 0.267. The summed E-state index contributed by atoms with van der Waals surface area (Å²) in [6.07, 6.45) is 0. The van der Waals surface area contributed by atoms with E-state index >= 15 is 0 Å². The lowest BCUT2D eigenvalue weighted by atomic mass is 10.2. The standard InChI is InChI=1S/C21H20O2S2/c1-22-17-8-12-19(13-9-17)24-21(16-6-4-3-5-7-16)25-20-14-10-18(23-2)11-15-20/h3-15,21H,1-2H3. The van der Waals surface area contributed by atoms with E-state index < -0.39 is 0 Å². The molecule has 3 aromatic rings. The lowest BCUT2D eigenvalue weighted by Gasteiger charge is -2.17. The maximum atomic E-state index is 5.25. The maximum absolute atomic E-state index is 5.25. The molecule has 0 aliphatic rings. The molecule has 0 saturated carbocycles. The molecule has 0 atom stereocenters. The molecule has 0 fully saturated rings. The Labute approximate surface area is 157 Å². The van der Waals surface area contributed by atoms with Crippen LogP contribution in [0.1, 0.15) is 10.1 Å². The van der Waals surface area contributed by atoms with Gasteiger partial charge in [-0.25, -0.2) is 0 Å². The third-order valence-corrected chi connectivity index (χ3v) is 6.32. The minimum Gasteiger partial charge on any atom is -0.497 e. The molecule has 0 aliphatic carbocycles. The average molecular weight is 369 g/mol. The van der Waals surface area contributed by atoms with Crippen molar-refractivity contribution >= 4 is 23.5 Å². The molecule has 0 radical (unpaired) electrons. The average Bonchev–Trinajstić information content (AvgIpc) is 2.69. The Bertz CT molecular complexity index is 722. The highest BCUT2D eigenvalue weighted by molar-refractivity contribution is 8.16. The van der Waals surface area contributed by atoms with Crippen LogP contribution in [0.3, 0.4) is 0 Å². The second kappa shape index (κ2) is 8.88. The van der Waals surface area contributed by atoms with E-state index in [1.54, 1.807) is 14.2 Å². The smallest absolute Gasteiger partial charge is 0.118 e. The SMILES string of the molecule is COc1ccc(SC(Sc2ccc(OC)cc2)c2ccccc2)cc1. The Morgan fingerprint density at radius 2 is 1.04 bits per heavy atom. The van der Waals surface area contributed by atoms with Gasteiger partial charge in [0, 0.05) is 9.79 Å². The van der Waals surface area contributed by atoms with Gasteiger partial charge in [-0.3, -0.25) is 0 Å². The second-order valence-corrected chi connectivity index (χ2v) is 7.98. The molecule has 25 heavy (non-hydrogen) atoms. The van der Waals surface area contributed by atoms with Crippen LogP contribution in [-0.2, 0) is 0 Å². The van der Waals surface area contributed by atoms with Gasteiger partial charge < -0.3 is 9.47 Å². The molecule has 128 valence electrons. The zero-order valence-corrected chi connectivity index (χ0v) is 15.8. The lowest BCUT2D eigenvalue weighted by Crippen LogP contribution is -1.90.